The van der Waals surface area contributed by atoms with Gasteiger partial charge in [0.2, 0.25) is 11.8 Å². The molecule has 5 heteroatoms. The number of rotatable bonds is 5. The zero-order valence-electron chi connectivity index (χ0n) is 13.0. The summed E-state index contributed by atoms with van der Waals surface area (Å²) >= 11 is 1.71. The highest BCUT2D eigenvalue weighted by molar-refractivity contribution is 7.98. The van der Waals surface area contributed by atoms with Crippen molar-refractivity contribution in [1.29, 1.82) is 0 Å². The normalized spacial score (nSPS) is 29.5. The number of amides is 2. The molecule has 1 atom stereocenters. The third-order valence-corrected chi connectivity index (χ3v) is 5.84. The lowest BCUT2D eigenvalue weighted by Crippen LogP contribution is -2.50. The molecule has 0 radical (unpaired) electrons. The fourth-order valence-electron chi connectivity index (χ4n) is 3.75. The van der Waals surface area contributed by atoms with E-state index in [1.54, 1.807) is 11.8 Å². The molecule has 0 aromatic carbocycles. The quantitative estimate of drug-likeness (QED) is 0.780. The zero-order chi connectivity index (χ0) is 14.9. The SMILES string of the molecule is CSCCC(=O)N1CC[C@@]2(CCCN(CC3CC3)C2=O)C1. The van der Waals surface area contributed by atoms with E-state index in [9.17, 15) is 9.59 Å². The van der Waals surface area contributed by atoms with Gasteiger partial charge in [-0.05, 0) is 44.3 Å². The second kappa shape index (κ2) is 6.19. The van der Waals surface area contributed by atoms with Crippen molar-refractivity contribution in [2.45, 2.75) is 38.5 Å². The van der Waals surface area contributed by atoms with Gasteiger partial charge in [-0.2, -0.15) is 11.8 Å². The minimum atomic E-state index is -0.248. The molecule has 0 aromatic rings. The van der Waals surface area contributed by atoms with Gasteiger partial charge < -0.3 is 9.80 Å². The maximum absolute atomic E-state index is 12.9. The van der Waals surface area contributed by atoms with Crippen molar-refractivity contribution in [2.24, 2.45) is 11.3 Å². The van der Waals surface area contributed by atoms with Crippen LogP contribution in [0.15, 0.2) is 0 Å². The predicted molar refractivity (Wildman–Crippen MR) is 85.2 cm³/mol. The first kappa shape index (κ1) is 15.2. The predicted octanol–water partition coefficient (Wildman–Crippen LogP) is 1.99. The van der Waals surface area contributed by atoms with Crippen molar-refractivity contribution in [2.75, 3.05) is 38.2 Å². The molecule has 0 N–H and O–H groups in total. The Hall–Kier alpha value is -0.710. The molecule has 0 bridgehead atoms. The summed E-state index contributed by atoms with van der Waals surface area (Å²) in [7, 11) is 0. The summed E-state index contributed by atoms with van der Waals surface area (Å²) in [6.45, 7) is 3.33. The summed E-state index contributed by atoms with van der Waals surface area (Å²) in [6, 6.07) is 0. The molecule has 3 rings (SSSR count). The van der Waals surface area contributed by atoms with Gasteiger partial charge in [0.15, 0.2) is 0 Å². The summed E-state index contributed by atoms with van der Waals surface area (Å²) in [5.74, 6) is 2.20. The maximum atomic E-state index is 12.9. The highest BCUT2D eigenvalue weighted by Gasteiger charge is 2.49. The number of likely N-dealkylation sites (tertiary alicyclic amines) is 2. The number of piperidine rings is 1. The van der Waals surface area contributed by atoms with Crippen molar-refractivity contribution in [3.05, 3.63) is 0 Å². The number of hydrogen-bond acceptors (Lipinski definition) is 3. The van der Waals surface area contributed by atoms with Crippen LogP contribution in [0.25, 0.3) is 0 Å². The van der Waals surface area contributed by atoms with Gasteiger partial charge in [0.1, 0.15) is 0 Å². The Labute approximate surface area is 131 Å². The number of carbonyl (C=O) groups excluding carboxylic acids is 2. The molecule has 118 valence electrons. The molecule has 4 nitrogen and oxygen atoms in total. The molecule has 21 heavy (non-hydrogen) atoms. The van der Waals surface area contributed by atoms with Gasteiger partial charge in [-0.1, -0.05) is 0 Å². The zero-order valence-corrected chi connectivity index (χ0v) is 13.8. The molecule has 2 amide bonds. The van der Waals surface area contributed by atoms with Crippen LogP contribution in [0.2, 0.25) is 0 Å². The van der Waals surface area contributed by atoms with E-state index in [4.69, 9.17) is 0 Å². The van der Waals surface area contributed by atoms with Gasteiger partial charge in [0, 0.05) is 38.4 Å². The minimum absolute atomic E-state index is 0.230. The van der Waals surface area contributed by atoms with Crippen molar-refractivity contribution in [3.63, 3.8) is 0 Å². The largest absolute Gasteiger partial charge is 0.342 e. The van der Waals surface area contributed by atoms with Gasteiger partial charge in [-0.3, -0.25) is 9.59 Å². The highest BCUT2D eigenvalue weighted by atomic mass is 32.2. The Bertz CT molecular complexity index is 425. The van der Waals surface area contributed by atoms with Gasteiger partial charge in [0.25, 0.3) is 0 Å². The first-order chi connectivity index (χ1) is 10.1. The summed E-state index contributed by atoms with van der Waals surface area (Å²) in [5.41, 5.74) is -0.248. The standard InChI is InChI=1S/C16H26N2O2S/c1-21-10-5-14(19)18-9-7-16(12-18)6-2-8-17(15(16)20)11-13-3-4-13/h13H,2-12H2,1H3/t16-/m0/s1. The first-order valence-corrected chi connectivity index (χ1v) is 9.60. The summed E-state index contributed by atoms with van der Waals surface area (Å²) < 4.78 is 0. The molecular formula is C16H26N2O2S. The lowest BCUT2D eigenvalue weighted by molar-refractivity contribution is -0.146. The van der Waals surface area contributed by atoms with Crippen LogP contribution in [0.3, 0.4) is 0 Å². The summed E-state index contributed by atoms with van der Waals surface area (Å²) in [6.07, 6.45) is 8.16. The van der Waals surface area contributed by atoms with Gasteiger partial charge in [-0.25, -0.2) is 0 Å². The number of nitrogens with zero attached hydrogens (tertiary/aromatic N) is 2. The molecule has 3 aliphatic rings. The van der Waals surface area contributed by atoms with Crippen LogP contribution in [-0.4, -0.2) is 59.8 Å². The molecule has 1 aliphatic carbocycles. The average Bonchev–Trinajstić information content (AvgIpc) is 3.20. The number of thioether (sulfide) groups is 1. The number of carbonyl (C=O) groups is 2. The van der Waals surface area contributed by atoms with Gasteiger partial charge in [-0.15, -0.1) is 0 Å². The van der Waals surface area contributed by atoms with Crippen molar-refractivity contribution < 1.29 is 9.59 Å². The number of hydrogen-bond donors (Lipinski definition) is 0. The van der Waals surface area contributed by atoms with Crippen LogP contribution in [-0.2, 0) is 9.59 Å². The molecule has 1 saturated carbocycles. The molecule has 1 spiro atoms. The van der Waals surface area contributed by atoms with E-state index in [1.165, 1.54) is 12.8 Å². The second-order valence-electron chi connectivity index (χ2n) is 6.89. The molecule has 2 heterocycles. The molecule has 0 aromatic heterocycles. The Morgan fingerprint density at radius 3 is 2.86 bits per heavy atom. The van der Waals surface area contributed by atoms with Crippen LogP contribution in [0.1, 0.15) is 38.5 Å². The maximum Gasteiger partial charge on any atom is 0.230 e. The lowest BCUT2D eigenvalue weighted by atomic mass is 9.78. The second-order valence-corrected chi connectivity index (χ2v) is 7.87. The van der Waals surface area contributed by atoms with Crippen LogP contribution >= 0.6 is 11.8 Å². The third kappa shape index (κ3) is 3.22. The molecule has 3 fully saturated rings. The van der Waals surface area contributed by atoms with Crippen molar-refractivity contribution in [3.8, 4) is 0 Å². The van der Waals surface area contributed by atoms with Gasteiger partial charge >= 0.3 is 0 Å². The molecular weight excluding hydrogens is 284 g/mol. The first-order valence-electron chi connectivity index (χ1n) is 8.21. The topological polar surface area (TPSA) is 40.6 Å². The van der Waals surface area contributed by atoms with Crippen LogP contribution in [0.5, 0.6) is 0 Å². The van der Waals surface area contributed by atoms with Crippen molar-refractivity contribution in [1.82, 2.24) is 9.80 Å². The van der Waals surface area contributed by atoms with E-state index in [1.807, 2.05) is 11.2 Å². The monoisotopic (exact) mass is 310 g/mol. The Morgan fingerprint density at radius 1 is 1.33 bits per heavy atom. The average molecular weight is 310 g/mol. The fourth-order valence-corrected chi connectivity index (χ4v) is 4.13. The van der Waals surface area contributed by atoms with E-state index < -0.39 is 0 Å². The Kier molecular flexibility index (Phi) is 4.48. The van der Waals surface area contributed by atoms with Gasteiger partial charge in [0.05, 0.1) is 5.41 Å². The lowest BCUT2D eigenvalue weighted by Gasteiger charge is -2.39. The van der Waals surface area contributed by atoms with Crippen LogP contribution in [0, 0.1) is 11.3 Å². The van der Waals surface area contributed by atoms with E-state index in [2.05, 4.69) is 4.90 Å². The van der Waals surface area contributed by atoms with E-state index in [-0.39, 0.29) is 11.3 Å². The van der Waals surface area contributed by atoms with E-state index >= 15 is 0 Å². The smallest absolute Gasteiger partial charge is 0.230 e. The highest BCUT2D eigenvalue weighted by Crippen LogP contribution is 2.41. The summed E-state index contributed by atoms with van der Waals surface area (Å²) in [4.78, 5) is 29.1. The Morgan fingerprint density at radius 2 is 2.14 bits per heavy atom. The Balaban J connectivity index is 1.61. The fraction of sp³-hybridized carbons (Fsp3) is 0.875. The van der Waals surface area contributed by atoms with Crippen LogP contribution in [0.4, 0.5) is 0 Å². The summed E-state index contributed by atoms with van der Waals surface area (Å²) in [5, 5.41) is 0. The van der Waals surface area contributed by atoms with E-state index in [0.29, 0.717) is 18.9 Å². The van der Waals surface area contributed by atoms with Crippen molar-refractivity contribution >= 4 is 23.6 Å². The minimum Gasteiger partial charge on any atom is -0.342 e. The third-order valence-electron chi connectivity index (χ3n) is 5.23. The van der Waals surface area contributed by atoms with Crippen LogP contribution < -0.4 is 0 Å². The molecule has 2 saturated heterocycles. The molecule has 2 aliphatic heterocycles. The molecule has 0 unspecified atom stereocenters. The van der Waals surface area contributed by atoms with E-state index in [0.717, 1.165) is 50.6 Å².